The average Bonchev–Trinajstić information content (AvgIpc) is 3.19. The van der Waals surface area contributed by atoms with Gasteiger partial charge in [0, 0.05) is 11.9 Å². The van der Waals surface area contributed by atoms with Gasteiger partial charge < -0.3 is 21.1 Å². The summed E-state index contributed by atoms with van der Waals surface area (Å²) in [5, 5.41) is 20.7. The number of urea groups is 1. The van der Waals surface area contributed by atoms with Crippen molar-refractivity contribution in [2.45, 2.75) is 35.9 Å². The molecule has 5 nitrogen and oxygen atoms in total. The van der Waals surface area contributed by atoms with E-state index in [0.29, 0.717) is 36.7 Å². The smallest absolute Gasteiger partial charge is 0.386 e. The monoisotopic (exact) mass is 453 g/mol. The molecule has 1 saturated carbocycles. The molecule has 1 aliphatic carbocycles. The molecule has 2 aliphatic rings. The number of hydrogen-bond acceptors (Lipinski definition) is 4. The van der Waals surface area contributed by atoms with Crippen molar-refractivity contribution in [2.24, 2.45) is 0 Å². The molecule has 164 valence electrons. The molecule has 0 bridgehead atoms. The van der Waals surface area contributed by atoms with Gasteiger partial charge in [0.15, 0.2) is 0 Å². The van der Waals surface area contributed by atoms with Gasteiger partial charge in [0.1, 0.15) is 16.3 Å². The second-order valence-electron chi connectivity index (χ2n) is 7.48. The summed E-state index contributed by atoms with van der Waals surface area (Å²) in [6.45, 7) is 0. The van der Waals surface area contributed by atoms with Crippen molar-refractivity contribution in [3.05, 3.63) is 71.0 Å². The Morgan fingerprint density at radius 1 is 1.10 bits per heavy atom. The Morgan fingerprint density at radius 3 is 2.35 bits per heavy atom. The van der Waals surface area contributed by atoms with E-state index in [9.17, 15) is 27.5 Å². The number of carbonyl (C=O) groups is 1. The first kappa shape index (κ1) is 21.5. The molecule has 0 aromatic heterocycles. The molecule has 4 rings (SSSR count). The van der Waals surface area contributed by atoms with Gasteiger partial charge in [-0.3, -0.25) is 0 Å². The van der Waals surface area contributed by atoms with Gasteiger partial charge in [0.05, 0.1) is 11.3 Å². The summed E-state index contributed by atoms with van der Waals surface area (Å²) >= 11 is 1.48. The Morgan fingerprint density at radius 2 is 1.81 bits per heavy atom. The number of hydrogen-bond donors (Lipinski definition) is 4. The van der Waals surface area contributed by atoms with Gasteiger partial charge in [-0.15, -0.1) is 0 Å². The van der Waals surface area contributed by atoms with Crippen LogP contribution >= 0.6 is 11.8 Å². The quantitative estimate of drug-likeness (QED) is 0.470. The first-order valence-corrected chi connectivity index (χ1v) is 10.4. The maximum absolute atomic E-state index is 13.8. The Bertz CT molecular complexity index is 1010. The van der Waals surface area contributed by atoms with Crippen LogP contribution in [0.2, 0.25) is 0 Å². The normalized spacial score (nSPS) is 21.8. The van der Waals surface area contributed by atoms with Crippen molar-refractivity contribution in [1.29, 1.82) is 0 Å². The lowest BCUT2D eigenvalue weighted by Crippen LogP contribution is -2.59. The number of thioether (sulfide) groups is 1. The second-order valence-corrected chi connectivity index (χ2v) is 8.60. The van der Waals surface area contributed by atoms with Gasteiger partial charge in [0.2, 0.25) is 0 Å². The molecular formula is C21H19F4N3O2S. The highest BCUT2D eigenvalue weighted by Gasteiger charge is 2.56. The summed E-state index contributed by atoms with van der Waals surface area (Å²) < 4.78 is 52.3. The van der Waals surface area contributed by atoms with E-state index in [0.717, 1.165) is 12.0 Å². The summed E-state index contributed by atoms with van der Waals surface area (Å²) in [5.74, 6) is -0.981. The maximum Gasteiger partial charge on any atom is 0.416 e. The minimum Gasteiger partial charge on any atom is -0.386 e. The zero-order valence-electron chi connectivity index (χ0n) is 16.1. The van der Waals surface area contributed by atoms with Crippen molar-refractivity contribution in [2.75, 3.05) is 10.6 Å². The molecule has 2 aromatic carbocycles. The van der Waals surface area contributed by atoms with Gasteiger partial charge >= 0.3 is 12.2 Å². The summed E-state index contributed by atoms with van der Waals surface area (Å²) in [7, 11) is 0. The molecule has 1 unspecified atom stereocenters. The van der Waals surface area contributed by atoms with E-state index in [1.807, 2.05) is 5.41 Å². The molecule has 1 fully saturated rings. The highest BCUT2D eigenvalue weighted by atomic mass is 32.2. The molecular weight excluding hydrogens is 434 g/mol. The fourth-order valence-corrected chi connectivity index (χ4v) is 4.89. The van der Waals surface area contributed by atoms with E-state index in [-0.39, 0.29) is 0 Å². The maximum atomic E-state index is 13.8. The number of carbonyl (C=O) groups excluding carboxylic acids is 1. The summed E-state index contributed by atoms with van der Waals surface area (Å²) in [6.07, 6.45) is -0.603. The molecule has 1 aliphatic heterocycles. The lowest BCUT2D eigenvalue weighted by atomic mass is 9.72. The fraction of sp³-hybridized carbons (Fsp3) is 0.286. The van der Waals surface area contributed by atoms with E-state index in [4.69, 9.17) is 0 Å². The molecule has 31 heavy (non-hydrogen) atoms. The topological polar surface area (TPSA) is 73.4 Å². The predicted octanol–water partition coefficient (Wildman–Crippen LogP) is 5.36. The molecule has 0 radical (unpaired) electrons. The first-order valence-electron chi connectivity index (χ1n) is 9.51. The highest BCUT2D eigenvalue weighted by molar-refractivity contribution is 8.03. The number of rotatable bonds is 4. The Kier molecular flexibility index (Phi) is 5.38. The largest absolute Gasteiger partial charge is 0.416 e. The van der Waals surface area contributed by atoms with Crippen LogP contribution in [0.25, 0.3) is 0 Å². The summed E-state index contributed by atoms with van der Waals surface area (Å²) in [6, 6.07) is 7.65. The third kappa shape index (κ3) is 3.97. The van der Waals surface area contributed by atoms with Gasteiger partial charge in [0.25, 0.3) is 0 Å². The van der Waals surface area contributed by atoms with Crippen LogP contribution in [0.15, 0.2) is 54.1 Å². The standard InChI is InChI=1S/C21H19F4N3O2S/c22-16-7-4-14(21(23,24)25)12-17(16)28-18(29)27-15-5-2-13(3-6-15)20(26-10-11-31-20)19(30)8-1-9-19/h2-7,10-12,26,30H,1,8-9H2,(H2,27,28,29). The van der Waals surface area contributed by atoms with Crippen LogP contribution in [0.3, 0.4) is 0 Å². The zero-order chi connectivity index (χ0) is 22.3. The van der Waals surface area contributed by atoms with Crippen LogP contribution in [0.5, 0.6) is 0 Å². The van der Waals surface area contributed by atoms with E-state index in [2.05, 4.69) is 16.0 Å². The molecule has 1 atom stereocenters. The summed E-state index contributed by atoms with van der Waals surface area (Å²) in [4.78, 5) is 11.5. The molecule has 0 saturated heterocycles. The van der Waals surface area contributed by atoms with Gasteiger partial charge in [-0.1, -0.05) is 23.9 Å². The minimum atomic E-state index is -4.65. The SMILES string of the molecule is O=C(Nc1ccc(C2(C3(O)CCC3)NC=CS2)cc1)Nc1cc(C(F)(F)F)ccc1F. The molecule has 2 aromatic rings. The Labute approximate surface area is 179 Å². The van der Waals surface area contributed by atoms with Crippen molar-refractivity contribution < 1.29 is 27.5 Å². The molecule has 1 heterocycles. The number of aliphatic hydroxyl groups is 1. The van der Waals surface area contributed by atoms with Crippen molar-refractivity contribution >= 4 is 29.2 Å². The lowest BCUT2D eigenvalue weighted by Gasteiger charge is -2.50. The van der Waals surface area contributed by atoms with Crippen LogP contribution < -0.4 is 16.0 Å². The Balaban J connectivity index is 1.47. The number of halogens is 4. The van der Waals surface area contributed by atoms with Crippen LogP contribution in [0, 0.1) is 5.82 Å². The van der Waals surface area contributed by atoms with Crippen molar-refractivity contribution in [1.82, 2.24) is 5.32 Å². The van der Waals surface area contributed by atoms with Crippen molar-refractivity contribution in [3.63, 3.8) is 0 Å². The molecule has 10 heteroatoms. The van der Waals surface area contributed by atoms with Crippen molar-refractivity contribution in [3.8, 4) is 0 Å². The Hall–Kier alpha value is -2.72. The van der Waals surface area contributed by atoms with Crippen LogP contribution in [-0.4, -0.2) is 16.7 Å². The number of benzene rings is 2. The lowest BCUT2D eigenvalue weighted by molar-refractivity contribution is -0.137. The second kappa shape index (κ2) is 7.76. The average molecular weight is 453 g/mol. The van der Waals surface area contributed by atoms with Crippen LogP contribution in [0.4, 0.5) is 33.7 Å². The molecule has 2 amide bonds. The third-order valence-electron chi connectivity index (χ3n) is 5.53. The van der Waals surface area contributed by atoms with Gasteiger partial charge in [-0.2, -0.15) is 13.2 Å². The van der Waals surface area contributed by atoms with Gasteiger partial charge in [-0.05, 0) is 60.6 Å². The number of amides is 2. The van der Waals surface area contributed by atoms with Crippen LogP contribution in [-0.2, 0) is 11.0 Å². The molecule has 0 spiro atoms. The number of alkyl halides is 3. The van der Waals surface area contributed by atoms with Gasteiger partial charge in [-0.25, -0.2) is 9.18 Å². The van der Waals surface area contributed by atoms with Crippen LogP contribution in [0.1, 0.15) is 30.4 Å². The highest BCUT2D eigenvalue weighted by Crippen LogP contribution is 2.54. The van der Waals surface area contributed by atoms with E-state index in [1.165, 1.54) is 11.8 Å². The predicted molar refractivity (Wildman–Crippen MR) is 111 cm³/mol. The zero-order valence-corrected chi connectivity index (χ0v) is 16.9. The fourth-order valence-electron chi connectivity index (χ4n) is 3.72. The third-order valence-corrected chi connectivity index (χ3v) is 6.89. The summed E-state index contributed by atoms with van der Waals surface area (Å²) in [5.41, 5.74) is -1.36. The number of anilines is 2. The van der Waals surface area contributed by atoms with E-state index in [1.54, 1.807) is 30.5 Å². The van der Waals surface area contributed by atoms with E-state index >= 15 is 0 Å². The molecule has 4 N–H and O–H groups in total. The minimum absolute atomic E-state index is 0.361. The first-order chi connectivity index (χ1) is 14.6. The number of nitrogens with one attached hydrogen (secondary N) is 3. The van der Waals surface area contributed by atoms with E-state index < -0.39 is 39.7 Å².